The Morgan fingerprint density at radius 3 is 2.43 bits per heavy atom. The van der Waals surface area contributed by atoms with Crippen molar-refractivity contribution < 1.29 is 13.2 Å². The second kappa shape index (κ2) is 3.83. The predicted molar refractivity (Wildman–Crippen MR) is 26.9 cm³/mol. The van der Waals surface area contributed by atoms with Gasteiger partial charge < -0.3 is 4.74 Å². The molecule has 0 aromatic carbocycles. The molecule has 0 rings (SSSR count). The molecule has 0 atom stereocenters. The summed E-state index contributed by atoms with van der Waals surface area (Å²) in [4.78, 5) is 0. The largest absolute Gasteiger partial charge is 0.380 e. The Kier molecular flexibility index (Phi) is 3.64. The highest BCUT2D eigenvalue weighted by Gasteiger charge is 1.69. The summed E-state index contributed by atoms with van der Waals surface area (Å²) >= 11 is 0. The van der Waals surface area contributed by atoms with Gasteiger partial charge in [-0.05, 0) is 0 Å². The molecule has 0 spiro atoms. The lowest BCUT2D eigenvalue weighted by molar-refractivity contribution is 0.249. The Labute approximate surface area is 43.4 Å². The molecule has 0 aliphatic heterocycles. The summed E-state index contributed by atoms with van der Waals surface area (Å²) in [5, 5.41) is 1.04. The zero-order chi connectivity index (χ0) is 5.70. The highest BCUT2D eigenvalue weighted by molar-refractivity contribution is 7.71. The van der Waals surface area contributed by atoms with Gasteiger partial charge in [-0.1, -0.05) is 0 Å². The van der Waals surface area contributed by atoms with Crippen LogP contribution in [-0.2, 0) is 15.0 Å². The van der Waals surface area contributed by atoms with E-state index in [1.54, 1.807) is 0 Å². The fraction of sp³-hybridized carbons (Fsp3) is 0.667. The third-order valence-corrected chi connectivity index (χ3v) is 0.779. The molecule has 0 amide bonds. The van der Waals surface area contributed by atoms with E-state index >= 15 is 0 Å². The Balaban J connectivity index is 3.49. The van der Waals surface area contributed by atoms with Crippen molar-refractivity contribution in [3.8, 4) is 0 Å². The lowest BCUT2D eigenvalue weighted by Gasteiger charge is -1.78. The summed E-state index contributed by atoms with van der Waals surface area (Å²) in [5.74, 6) is 0. The highest BCUT2D eigenvalue weighted by atomic mass is 32.2. The van der Waals surface area contributed by atoms with Crippen molar-refractivity contribution in [2.75, 3.05) is 13.7 Å². The van der Waals surface area contributed by atoms with Crippen LogP contribution in [-0.4, -0.2) is 27.5 Å². The molecule has 0 N–H and O–H groups in total. The van der Waals surface area contributed by atoms with Crippen molar-refractivity contribution in [3.05, 3.63) is 0 Å². The first kappa shape index (κ1) is 6.65. The van der Waals surface area contributed by atoms with Gasteiger partial charge in [-0.15, -0.1) is 0 Å². The van der Waals surface area contributed by atoms with Crippen LogP contribution in [0.1, 0.15) is 0 Å². The van der Waals surface area contributed by atoms with Gasteiger partial charge in [0.1, 0.15) is 0 Å². The van der Waals surface area contributed by atoms with E-state index in [-0.39, 0.29) is 6.61 Å². The van der Waals surface area contributed by atoms with Gasteiger partial charge in [0.2, 0.25) is 10.3 Å². The van der Waals surface area contributed by atoms with E-state index in [4.69, 9.17) is 0 Å². The Morgan fingerprint density at radius 2 is 2.29 bits per heavy atom. The van der Waals surface area contributed by atoms with Crippen LogP contribution in [0.2, 0.25) is 0 Å². The van der Waals surface area contributed by atoms with Gasteiger partial charge in [0.15, 0.2) is 0 Å². The minimum atomic E-state index is -2.07. The smallest absolute Gasteiger partial charge is 0.212 e. The van der Waals surface area contributed by atoms with Gasteiger partial charge in [0.25, 0.3) is 0 Å². The summed E-state index contributed by atoms with van der Waals surface area (Å²) in [6, 6.07) is 0. The number of ether oxygens (including phenoxy) is 1. The number of hydrogen-bond acceptors (Lipinski definition) is 3. The molecular weight excluding hydrogens is 116 g/mol. The van der Waals surface area contributed by atoms with Gasteiger partial charge in [-0.25, -0.2) is 0 Å². The van der Waals surface area contributed by atoms with Crippen LogP contribution >= 0.6 is 0 Å². The van der Waals surface area contributed by atoms with Crippen molar-refractivity contribution in [1.82, 2.24) is 0 Å². The molecule has 0 aromatic heterocycles. The van der Waals surface area contributed by atoms with Crippen LogP contribution in [0.25, 0.3) is 0 Å². The van der Waals surface area contributed by atoms with Crippen LogP contribution in [0.15, 0.2) is 0 Å². The predicted octanol–water partition coefficient (Wildman–Crippen LogP) is -0.686. The first-order valence-electron chi connectivity index (χ1n) is 1.67. The van der Waals surface area contributed by atoms with Crippen molar-refractivity contribution in [1.29, 1.82) is 0 Å². The highest BCUT2D eigenvalue weighted by Crippen LogP contribution is 1.54. The zero-order valence-electron chi connectivity index (χ0n) is 3.92. The molecule has 0 aromatic rings. The van der Waals surface area contributed by atoms with E-state index < -0.39 is 10.3 Å². The molecule has 3 nitrogen and oxygen atoms in total. The maximum absolute atomic E-state index is 9.62. The van der Waals surface area contributed by atoms with E-state index in [9.17, 15) is 8.42 Å². The van der Waals surface area contributed by atoms with Crippen LogP contribution in [0, 0.1) is 0 Å². The number of methoxy groups -OCH3 is 1. The average molecular weight is 122 g/mol. The molecule has 42 valence electrons. The molecule has 0 radical (unpaired) electrons. The minimum Gasteiger partial charge on any atom is -0.380 e. The average Bonchev–Trinajstić information content (AvgIpc) is 1.61. The Hall–Kier alpha value is -0.350. The standard InChI is InChI=1S/C3H6O3S/c1-6-2-3-7(4)5/h3H,2H2,1H3. The monoisotopic (exact) mass is 122 g/mol. The number of hydrogen-bond donors (Lipinski definition) is 0. The fourth-order valence-corrected chi connectivity index (χ4v) is 0.371. The molecule has 0 aliphatic carbocycles. The maximum atomic E-state index is 9.62. The van der Waals surface area contributed by atoms with Crippen LogP contribution in [0.4, 0.5) is 0 Å². The first-order valence-corrected chi connectivity index (χ1v) is 2.81. The molecule has 0 saturated carbocycles. The third kappa shape index (κ3) is 5.65. The first-order chi connectivity index (χ1) is 3.27. The summed E-state index contributed by atoms with van der Waals surface area (Å²) < 4.78 is 23.6. The van der Waals surface area contributed by atoms with Gasteiger partial charge in [-0.3, -0.25) is 0 Å². The lowest BCUT2D eigenvalue weighted by atomic mass is 10.9. The van der Waals surface area contributed by atoms with E-state index in [1.165, 1.54) is 7.11 Å². The second-order valence-corrected chi connectivity index (χ2v) is 1.74. The van der Waals surface area contributed by atoms with Crippen molar-refractivity contribution in [3.63, 3.8) is 0 Å². The van der Waals surface area contributed by atoms with Crippen molar-refractivity contribution in [2.24, 2.45) is 0 Å². The zero-order valence-corrected chi connectivity index (χ0v) is 4.73. The summed E-state index contributed by atoms with van der Waals surface area (Å²) in [6.45, 7) is 0.163. The molecule has 4 heteroatoms. The van der Waals surface area contributed by atoms with Crippen LogP contribution in [0.3, 0.4) is 0 Å². The third-order valence-electron chi connectivity index (χ3n) is 0.371. The summed E-state index contributed by atoms with van der Waals surface area (Å²) in [7, 11) is -0.632. The van der Waals surface area contributed by atoms with Gasteiger partial charge in [0, 0.05) is 7.11 Å². The van der Waals surface area contributed by atoms with Crippen LogP contribution in [0.5, 0.6) is 0 Å². The summed E-state index contributed by atoms with van der Waals surface area (Å²) in [6.07, 6.45) is 0. The molecule has 0 fully saturated rings. The molecular formula is C3H6O3S. The van der Waals surface area contributed by atoms with E-state index in [0.29, 0.717) is 0 Å². The van der Waals surface area contributed by atoms with E-state index in [0.717, 1.165) is 5.37 Å². The van der Waals surface area contributed by atoms with Crippen molar-refractivity contribution >= 4 is 15.7 Å². The van der Waals surface area contributed by atoms with Crippen LogP contribution < -0.4 is 0 Å². The lowest BCUT2D eigenvalue weighted by Crippen LogP contribution is -1.87. The second-order valence-electron chi connectivity index (χ2n) is 0.882. The molecule has 0 aliphatic rings. The number of rotatable bonds is 2. The summed E-state index contributed by atoms with van der Waals surface area (Å²) in [5.41, 5.74) is 0. The Morgan fingerprint density at radius 1 is 1.71 bits per heavy atom. The van der Waals surface area contributed by atoms with E-state index in [1.807, 2.05) is 0 Å². The maximum Gasteiger partial charge on any atom is 0.212 e. The normalized spacial score (nSPS) is 8.14. The van der Waals surface area contributed by atoms with Gasteiger partial charge >= 0.3 is 0 Å². The van der Waals surface area contributed by atoms with Crippen molar-refractivity contribution in [2.45, 2.75) is 0 Å². The van der Waals surface area contributed by atoms with E-state index in [2.05, 4.69) is 4.74 Å². The molecule has 0 saturated heterocycles. The van der Waals surface area contributed by atoms with Gasteiger partial charge in [-0.2, -0.15) is 8.42 Å². The fourth-order valence-electron chi connectivity index (χ4n) is 0.124. The molecule has 0 unspecified atom stereocenters. The molecule has 7 heavy (non-hydrogen) atoms. The Bertz CT molecular complexity index is 136. The molecule has 0 heterocycles. The minimum absolute atomic E-state index is 0.163. The SMILES string of the molecule is COCC=S(=O)=O. The quantitative estimate of drug-likeness (QED) is 0.455. The van der Waals surface area contributed by atoms with Gasteiger partial charge in [0.05, 0.1) is 12.0 Å². The molecule has 0 bridgehead atoms. The topological polar surface area (TPSA) is 43.4 Å².